The summed E-state index contributed by atoms with van der Waals surface area (Å²) in [4.78, 5) is 34.0. The Morgan fingerprint density at radius 1 is 1.37 bits per heavy atom. The van der Waals surface area contributed by atoms with Crippen molar-refractivity contribution in [3.05, 3.63) is 34.2 Å². The molecular weight excluding hydrogens is 410 g/mol. The van der Waals surface area contributed by atoms with E-state index in [1.807, 2.05) is 20.8 Å². The minimum Gasteiger partial charge on any atom is -0.494 e. The van der Waals surface area contributed by atoms with E-state index in [1.54, 1.807) is 12.1 Å². The highest BCUT2D eigenvalue weighted by Crippen LogP contribution is 2.27. The van der Waals surface area contributed by atoms with E-state index in [-0.39, 0.29) is 46.9 Å². The fraction of sp³-hybridized carbons (Fsp3) is 0.421. The van der Waals surface area contributed by atoms with E-state index in [9.17, 15) is 14.7 Å². The van der Waals surface area contributed by atoms with Crippen LogP contribution in [0, 0.1) is 5.41 Å². The van der Waals surface area contributed by atoms with Crippen LogP contribution < -0.4 is 16.6 Å². The second-order valence-electron chi connectivity index (χ2n) is 8.50. The number of aromatic nitrogens is 5. The quantitative estimate of drug-likeness (QED) is 0.567. The van der Waals surface area contributed by atoms with E-state index in [1.165, 1.54) is 10.8 Å². The summed E-state index contributed by atoms with van der Waals surface area (Å²) in [6.07, 6.45) is 3.22. The third-order valence-corrected chi connectivity index (χ3v) is 4.53. The van der Waals surface area contributed by atoms with Gasteiger partial charge in [-0.3, -0.25) is 14.2 Å². The summed E-state index contributed by atoms with van der Waals surface area (Å²) < 4.78 is 2.63. The Bertz CT molecular complexity index is 1180. The van der Waals surface area contributed by atoms with Gasteiger partial charge in [-0.2, -0.15) is 9.61 Å². The van der Waals surface area contributed by atoms with Crippen molar-refractivity contribution < 1.29 is 9.90 Å². The molecule has 0 unspecified atom stereocenters. The predicted molar refractivity (Wildman–Crippen MR) is 114 cm³/mol. The van der Waals surface area contributed by atoms with E-state index < -0.39 is 11.5 Å². The van der Waals surface area contributed by atoms with Gasteiger partial charge in [0.1, 0.15) is 17.2 Å². The number of amides is 1. The molecule has 4 N–H and O–H groups in total. The molecule has 3 heterocycles. The number of carbonyl (C=O) groups is 1. The Hall–Kier alpha value is -3.14. The van der Waals surface area contributed by atoms with Crippen molar-refractivity contribution in [1.29, 1.82) is 0 Å². The van der Waals surface area contributed by atoms with E-state index in [0.29, 0.717) is 17.9 Å². The van der Waals surface area contributed by atoms with Crippen LogP contribution in [0.15, 0.2) is 23.1 Å². The van der Waals surface area contributed by atoms with Crippen LogP contribution in [0.2, 0.25) is 0 Å². The van der Waals surface area contributed by atoms with Crippen LogP contribution in [0.5, 0.6) is 5.88 Å². The first-order valence-corrected chi connectivity index (χ1v) is 9.39. The van der Waals surface area contributed by atoms with Crippen molar-refractivity contribution >= 4 is 29.8 Å². The third kappa shape index (κ3) is 4.09. The molecule has 1 fully saturated rings. The number of aromatic hydroxyl groups is 1. The first-order valence-electron chi connectivity index (χ1n) is 9.39. The number of anilines is 1. The molecule has 30 heavy (non-hydrogen) atoms. The Balaban J connectivity index is 0.00000256. The number of halogens is 1. The van der Waals surface area contributed by atoms with Gasteiger partial charge in [-0.25, -0.2) is 9.97 Å². The fourth-order valence-corrected chi connectivity index (χ4v) is 3.08. The normalized spacial score (nSPS) is 13.8. The van der Waals surface area contributed by atoms with E-state index in [0.717, 1.165) is 17.4 Å². The summed E-state index contributed by atoms with van der Waals surface area (Å²) in [5.41, 5.74) is 5.12. The van der Waals surface area contributed by atoms with Crippen molar-refractivity contribution in [2.75, 3.05) is 5.73 Å². The lowest BCUT2D eigenvalue weighted by molar-refractivity contribution is 0.0944. The molecule has 0 bridgehead atoms. The van der Waals surface area contributed by atoms with Crippen LogP contribution in [0.1, 0.15) is 44.0 Å². The van der Waals surface area contributed by atoms with Gasteiger partial charge >= 0.3 is 0 Å². The number of nitrogens with zero attached hydrogens (tertiary/aromatic N) is 5. The van der Waals surface area contributed by atoms with E-state index >= 15 is 0 Å². The van der Waals surface area contributed by atoms with Crippen LogP contribution in [0.3, 0.4) is 0 Å². The second-order valence-corrected chi connectivity index (χ2v) is 8.50. The number of nitrogen functional groups attached to an aromatic ring is 1. The fourth-order valence-electron chi connectivity index (χ4n) is 3.08. The maximum atomic E-state index is 13.0. The van der Waals surface area contributed by atoms with Crippen molar-refractivity contribution in [1.82, 2.24) is 29.5 Å². The minimum atomic E-state index is -0.698. The first-order chi connectivity index (χ1) is 13.6. The summed E-state index contributed by atoms with van der Waals surface area (Å²) in [5, 5.41) is 17.9. The molecule has 0 atom stereocenters. The zero-order valence-electron chi connectivity index (χ0n) is 16.9. The van der Waals surface area contributed by atoms with Gasteiger partial charge in [0.25, 0.3) is 11.5 Å². The van der Waals surface area contributed by atoms with Crippen molar-refractivity contribution in [3.8, 4) is 17.4 Å². The molecule has 10 nitrogen and oxygen atoms in total. The molecule has 0 radical (unpaired) electrons. The number of nitrogens with one attached hydrogen (secondary N) is 1. The van der Waals surface area contributed by atoms with E-state index in [4.69, 9.17) is 5.73 Å². The number of fused-ring (bicyclic) bond motifs is 1. The average molecular weight is 434 g/mol. The highest BCUT2D eigenvalue weighted by atomic mass is 35.5. The largest absolute Gasteiger partial charge is 0.494 e. The van der Waals surface area contributed by atoms with Gasteiger partial charge in [0.05, 0.1) is 0 Å². The number of hydrogen-bond acceptors (Lipinski definition) is 7. The van der Waals surface area contributed by atoms with Gasteiger partial charge in [0.15, 0.2) is 11.4 Å². The molecule has 3 aromatic heterocycles. The van der Waals surface area contributed by atoms with Crippen molar-refractivity contribution in [2.24, 2.45) is 5.41 Å². The van der Waals surface area contributed by atoms with Crippen molar-refractivity contribution in [3.63, 3.8) is 0 Å². The summed E-state index contributed by atoms with van der Waals surface area (Å²) in [6.45, 7) is 6.32. The monoisotopic (exact) mass is 433 g/mol. The van der Waals surface area contributed by atoms with Gasteiger partial charge < -0.3 is 16.2 Å². The average Bonchev–Trinajstić information content (AvgIpc) is 3.31. The Kier molecular flexibility index (Phi) is 5.46. The molecule has 1 amide bonds. The highest BCUT2D eigenvalue weighted by molar-refractivity contribution is 5.96. The summed E-state index contributed by atoms with van der Waals surface area (Å²) >= 11 is 0. The zero-order chi connectivity index (χ0) is 20.9. The van der Waals surface area contributed by atoms with Crippen LogP contribution in [-0.4, -0.2) is 41.2 Å². The van der Waals surface area contributed by atoms with Gasteiger partial charge in [-0.1, -0.05) is 20.8 Å². The summed E-state index contributed by atoms with van der Waals surface area (Å²) in [6, 6.07) is 3.19. The maximum Gasteiger partial charge on any atom is 0.291 e. The molecular formula is C19H24ClN7O3. The zero-order valence-corrected chi connectivity index (χ0v) is 17.7. The number of carbonyl (C=O) groups excluding carboxylic acids is 1. The standard InChI is InChI=1S/C19H23N7O3.ClH/c1-19(2,3)9-25-13-8-11(15-21-7-6-12(20)23-15)24-26(13)18(29)14(17(25)28)16(27)22-10-4-5-10;/h6-8,10,28H,4-5,9H2,1-3H3,(H,22,27)(H2,20,21,23);1H. The Labute approximate surface area is 178 Å². The lowest BCUT2D eigenvalue weighted by Crippen LogP contribution is -2.35. The Morgan fingerprint density at radius 2 is 2.07 bits per heavy atom. The maximum absolute atomic E-state index is 13.0. The molecule has 4 rings (SSSR count). The third-order valence-electron chi connectivity index (χ3n) is 4.53. The number of rotatable bonds is 4. The predicted octanol–water partition coefficient (Wildman–Crippen LogP) is 1.60. The van der Waals surface area contributed by atoms with Crippen molar-refractivity contribution in [2.45, 2.75) is 46.2 Å². The molecule has 11 heteroatoms. The van der Waals surface area contributed by atoms with Gasteiger partial charge in [-0.15, -0.1) is 12.4 Å². The van der Waals surface area contributed by atoms with Gasteiger partial charge in [0, 0.05) is 24.8 Å². The molecule has 0 aliphatic heterocycles. The molecule has 0 spiro atoms. The topological polar surface area (TPSA) is 140 Å². The second kappa shape index (κ2) is 7.60. The smallest absolute Gasteiger partial charge is 0.291 e. The minimum absolute atomic E-state index is 0. The summed E-state index contributed by atoms with van der Waals surface area (Å²) in [7, 11) is 0. The SMILES string of the molecule is CC(C)(C)Cn1c(O)c(C(=O)NC2CC2)c(=O)n2nc(-c3nccc(N)n3)cc12.Cl. The van der Waals surface area contributed by atoms with Gasteiger partial charge in [0.2, 0.25) is 5.88 Å². The molecule has 0 aromatic carbocycles. The molecule has 1 aliphatic rings. The molecule has 0 saturated heterocycles. The van der Waals surface area contributed by atoms with E-state index in [2.05, 4.69) is 20.4 Å². The van der Waals surface area contributed by atoms with Crippen LogP contribution in [0.25, 0.3) is 17.2 Å². The highest BCUT2D eigenvalue weighted by Gasteiger charge is 2.30. The lowest BCUT2D eigenvalue weighted by atomic mass is 9.96. The van der Waals surface area contributed by atoms with Crippen LogP contribution >= 0.6 is 12.4 Å². The molecule has 160 valence electrons. The molecule has 3 aromatic rings. The van der Waals surface area contributed by atoms with Crippen LogP contribution in [-0.2, 0) is 6.54 Å². The van der Waals surface area contributed by atoms with Gasteiger partial charge in [-0.05, 0) is 24.3 Å². The number of nitrogens with two attached hydrogens (primary N) is 1. The Morgan fingerprint density at radius 3 is 2.67 bits per heavy atom. The number of hydrogen-bond donors (Lipinski definition) is 3. The summed E-state index contributed by atoms with van der Waals surface area (Å²) in [5.74, 6) is -0.462. The molecule has 1 saturated carbocycles. The lowest BCUT2D eigenvalue weighted by Gasteiger charge is -2.23. The first kappa shape index (κ1) is 21.6. The van der Waals surface area contributed by atoms with Crippen LogP contribution in [0.4, 0.5) is 5.82 Å². The molecule has 1 aliphatic carbocycles.